The Labute approximate surface area is 137 Å². The van der Waals surface area contributed by atoms with Crippen LogP contribution in [0.15, 0.2) is 30.5 Å². The lowest BCUT2D eigenvalue weighted by Crippen LogP contribution is -2.64. The zero-order valence-corrected chi connectivity index (χ0v) is 12.9. The van der Waals surface area contributed by atoms with Crippen LogP contribution in [-0.4, -0.2) is 50.9 Å². The molecule has 3 atom stereocenters. The van der Waals surface area contributed by atoms with Crippen molar-refractivity contribution in [1.82, 2.24) is 15.2 Å². The molecule has 3 unspecified atom stereocenters. The fourth-order valence-corrected chi connectivity index (χ4v) is 3.79. The third kappa shape index (κ3) is 2.16. The van der Waals surface area contributed by atoms with E-state index in [1.54, 1.807) is 0 Å². The van der Waals surface area contributed by atoms with Gasteiger partial charge in [-0.1, -0.05) is 18.2 Å². The number of benzene rings is 1. The second-order valence-electron chi connectivity index (χ2n) is 6.32. The van der Waals surface area contributed by atoms with Gasteiger partial charge in [0.05, 0.1) is 0 Å². The van der Waals surface area contributed by atoms with Crippen molar-refractivity contribution in [2.45, 2.75) is 37.4 Å². The third-order valence-corrected chi connectivity index (χ3v) is 4.94. The molecule has 2 amide bonds. The summed E-state index contributed by atoms with van der Waals surface area (Å²) in [6, 6.07) is 5.44. The number of hydrogen-bond donors (Lipinski definition) is 3. The molecule has 2 fully saturated rings. The van der Waals surface area contributed by atoms with E-state index in [0.717, 1.165) is 16.5 Å². The van der Waals surface area contributed by atoms with Gasteiger partial charge in [0.2, 0.25) is 11.8 Å². The Balaban J connectivity index is 1.63. The number of carbonyl (C=O) groups is 3. The number of carboxylic acid groups (broad SMARTS) is 1. The van der Waals surface area contributed by atoms with E-state index >= 15 is 0 Å². The average molecular weight is 327 g/mol. The molecule has 4 rings (SSSR count). The summed E-state index contributed by atoms with van der Waals surface area (Å²) in [7, 11) is 0. The molecule has 3 heterocycles. The van der Waals surface area contributed by atoms with Crippen LogP contribution in [0.5, 0.6) is 0 Å². The monoisotopic (exact) mass is 327 g/mol. The van der Waals surface area contributed by atoms with Gasteiger partial charge in [0, 0.05) is 23.5 Å². The highest BCUT2D eigenvalue weighted by atomic mass is 16.4. The molecule has 2 aromatic rings. The van der Waals surface area contributed by atoms with Crippen molar-refractivity contribution in [3.05, 3.63) is 36.0 Å². The van der Waals surface area contributed by atoms with Crippen LogP contribution < -0.4 is 5.32 Å². The quantitative estimate of drug-likeness (QED) is 0.770. The molecule has 2 aliphatic rings. The number of amides is 2. The Hall–Kier alpha value is -2.83. The van der Waals surface area contributed by atoms with E-state index in [1.165, 1.54) is 4.90 Å². The number of carboxylic acids is 1. The zero-order chi connectivity index (χ0) is 16.8. The Kier molecular flexibility index (Phi) is 3.30. The standard InChI is InChI=1S/C17H17N3O4/c21-15-13-5-6-14(17(23)24)20(13)16(22)12(19-15)7-9-8-18-11-4-2-1-3-10(9)11/h1-4,8,12-14,18H,5-7H2,(H,19,21)(H,23,24). The molecule has 1 aromatic carbocycles. The number of rotatable bonds is 3. The van der Waals surface area contributed by atoms with E-state index in [9.17, 15) is 19.5 Å². The van der Waals surface area contributed by atoms with Crippen molar-refractivity contribution in [1.29, 1.82) is 0 Å². The molecular formula is C17H17N3O4. The topological polar surface area (TPSA) is 102 Å². The molecule has 2 aliphatic heterocycles. The summed E-state index contributed by atoms with van der Waals surface area (Å²) in [5.74, 6) is -1.62. The second kappa shape index (κ2) is 5.36. The van der Waals surface area contributed by atoms with Gasteiger partial charge in [0.25, 0.3) is 0 Å². The van der Waals surface area contributed by atoms with Gasteiger partial charge in [-0.25, -0.2) is 4.79 Å². The van der Waals surface area contributed by atoms with Crippen molar-refractivity contribution in [2.24, 2.45) is 0 Å². The number of piperazine rings is 1. The molecule has 7 heteroatoms. The van der Waals surface area contributed by atoms with Crippen LogP contribution in [0, 0.1) is 0 Å². The minimum absolute atomic E-state index is 0.261. The molecule has 3 N–H and O–H groups in total. The molecule has 7 nitrogen and oxygen atoms in total. The van der Waals surface area contributed by atoms with Crippen molar-refractivity contribution >= 4 is 28.7 Å². The van der Waals surface area contributed by atoms with E-state index in [2.05, 4.69) is 10.3 Å². The summed E-state index contributed by atoms with van der Waals surface area (Å²) in [5.41, 5.74) is 1.89. The minimum atomic E-state index is -1.05. The highest BCUT2D eigenvalue weighted by Gasteiger charge is 2.50. The number of para-hydroxylation sites is 1. The van der Waals surface area contributed by atoms with Crippen LogP contribution in [-0.2, 0) is 20.8 Å². The Morgan fingerprint density at radius 1 is 1.25 bits per heavy atom. The van der Waals surface area contributed by atoms with Crippen molar-refractivity contribution < 1.29 is 19.5 Å². The highest BCUT2D eigenvalue weighted by molar-refractivity contribution is 6.00. The fourth-order valence-electron chi connectivity index (χ4n) is 3.79. The van der Waals surface area contributed by atoms with Crippen molar-refractivity contribution in [3.8, 4) is 0 Å². The lowest BCUT2D eigenvalue weighted by atomic mass is 10.0. The maximum atomic E-state index is 12.8. The first kappa shape index (κ1) is 14.7. The molecule has 0 bridgehead atoms. The molecule has 124 valence electrons. The lowest BCUT2D eigenvalue weighted by molar-refractivity contribution is -0.156. The van der Waals surface area contributed by atoms with Gasteiger partial charge in [-0.15, -0.1) is 0 Å². The van der Waals surface area contributed by atoms with E-state index in [4.69, 9.17) is 0 Å². The Bertz CT molecular complexity index is 837. The van der Waals surface area contributed by atoms with Crippen LogP contribution in [0.25, 0.3) is 10.9 Å². The van der Waals surface area contributed by atoms with Gasteiger partial charge in [0.1, 0.15) is 18.1 Å². The maximum Gasteiger partial charge on any atom is 0.326 e. The summed E-state index contributed by atoms with van der Waals surface area (Å²) < 4.78 is 0. The number of H-pyrrole nitrogens is 1. The molecule has 0 aliphatic carbocycles. The highest BCUT2D eigenvalue weighted by Crippen LogP contribution is 2.29. The summed E-state index contributed by atoms with van der Waals surface area (Å²) in [6.45, 7) is 0. The van der Waals surface area contributed by atoms with E-state index in [0.29, 0.717) is 19.3 Å². The number of aromatic nitrogens is 1. The SMILES string of the molecule is O=C(O)C1CCC2C(=O)NC(Cc3c[nH]c4ccccc34)C(=O)N12. The first-order valence-corrected chi connectivity index (χ1v) is 7.96. The summed E-state index contributed by atoms with van der Waals surface area (Å²) in [6.07, 6.45) is 2.88. The van der Waals surface area contributed by atoms with Gasteiger partial charge in [-0.05, 0) is 24.5 Å². The molecule has 0 radical (unpaired) electrons. The largest absolute Gasteiger partial charge is 0.480 e. The predicted molar refractivity (Wildman–Crippen MR) is 85.2 cm³/mol. The van der Waals surface area contributed by atoms with Gasteiger partial charge in [0.15, 0.2) is 0 Å². The van der Waals surface area contributed by atoms with Gasteiger partial charge >= 0.3 is 5.97 Å². The average Bonchev–Trinajstić information content (AvgIpc) is 3.17. The van der Waals surface area contributed by atoms with Crippen LogP contribution in [0.1, 0.15) is 18.4 Å². The molecule has 0 spiro atoms. The summed E-state index contributed by atoms with van der Waals surface area (Å²) in [4.78, 5) is 40.8. The predicted octanol–water partition coefficient (Wildman–Crippen LogP) is 0.653. The number of carbonyl (C=O) groups excluding carboxylic acids is 2. The van der Waals surface area contributed by atoms with Gasteiger partial charge in [-0.3, -0.25) is 9.59 Å². The number of nitrogens with zero attached hydrogens (tertiary/aromatic N) is 1. The van der Waals surface area contributed by atoms with Crippen LogP contribution in [0.2, 0.25) is 0 Å². The van der Waals surface area contributed by atoms with E-state index in [-0.39, 0.29) is 11.8 Å². The zero-order valence-electron chi connectivity index (χ0n) is 12.9. The summed E-state index contributed by atoms with van der Waals surface area (Å²) >= 11 is 0. The second-order valence-corrected chi connectivity index (χ2v) is 6.32. The van der Waals surface area contributed by atoms with Gasteiger partial charge < -0.3 is 20.3 Å². The minimum Gasteiger partial charge on any atom is -0.480 e. The van der Waals surface area contributed by atoms with Gasteiger partial charge in [-0.2, -0.15) is 0 Å². The number of fused-ring (bicyclic) bond motifs is 2. The Morgan fingerprint density at radius 3 is 2.83 bits per heavy atom. The molecule has 2 saturated heterocycles. The smallest absolute Gasteiger partial charge is 0.326 e. The number of aromatic amines is 1. The Morgan fingerprint density at radius 2 is 2.04 bits per heavy atom. The summed E-state index contributed by atoms with van der Waals surface area (Å²) in [5, 5.41) is 13.1. The molecule has 24 heavy (non-hydrogen) atoms. The van der Waals surface area contributed by atoms with E-state index < -0.39 is 24.1 Å². The first-order valence-electron chi connectivity index (χ1n) is 7.96. The normalized spacial score (nSPS) is 26.5. The van der Waals surface area contributed by atoms with Crippen LogP contribution >= 0.6 is 0 Å². The van der Waals surface area contributed by atoms with E-state index in [1.807, 2.05) is 30.5 Å². The van der Waals surface area contributed by atoms with Crippen molar-refractivity contribution in [3.63, 3.8) is 0 Å². The van der Waals surface area contributed by atoms with Crippen LogP contribution in [0.3, 0.4) is 0 Å². The fraction of sp³-hybridized carbons (Fsp3) is 0.353. The number of nitrogens with one attached hydrogen (secondary N) is 2. The first-order chi connectivity index (χ1) is 11.6. The number of hydrogen-bond acceptors (Lipinski definition) is 3. The molecule has 0 saturated carbocycles. The lowest BCUT2D eigenvalue weighted by Gasteiger charge is -2.36. The molecule has 1 aromatic heterocycles. The maximum absolute atomic E-state index is 12.8. The van der Waals surface area contributed by atoms with Crippen molar-refractivity contribution in [2.75, 3.05) is 0 Å². The van der Waals surface area contributed by atoms with Crippen LogP contribution in [0.4, 0.5) is 0 Å². The number of aliphatic carboxylic acids is 1. The molecular weight excluding hydrogens is 310 g/mol. The third-order valence-electron chi connectivity index (χ3n) is 4.94.